The third kappa shape index (κ3) is 5.01. The number of fused-ring (bicyclic) bond motifs is 1. The van der Waals surface area contributed by atoms with Crippen molar-refractivity contribution in [2.45, 2.75) is 70.3 Å². The molecular formula is C24H33N3O2. The van der Waals surface area contributed by atoms with Crippen molar-refractivity contribution in [2.24, 2.45) is 5.92 Å². The number of piperidine rings is 1. The molecule has 2 heterocycles. The molecule has 0 bridgehead atoms. The Bertz CT molecular complexity index is 836. The monoisotopic (exact) mass is 395 g/mol. The van der Waals surface area contributed by atoms with Gasteiger partial charge >= 0.3 is 0 Å². The fourth-order valence-corrected chi connectivity index (χ4v) is 4.90. The summed E-state index contributed by atoms with van der Waals surface area (Å²) in [6.07, 6.45) is 12.3. The quantitative estimate of drug-likeness (QED) is 0.746. The molecule has 5 heteroatoms. The number of amides is 2. The Morgan fingerprint density at radius 3 is 2.66 bits per heavy atom. The number of rotatable bonds is 5. The van der Waals surface area contributed by atoms with E-state index < -0.39 is 0 Å². The summed E-state index contributed by atoms with van der Waals surface area (Å²) in [5.74, 6) is 0.275. The second-order valence-corrected chi connectivity index (χ2v) is 8.74. The van der Waals surface area contributed by atoms with Crippen LogP contribution in [0.5, 0.6) is 0 Å². The Morgan fingerprint density at radius 2 is 1.83 bits per heavy atom. The topological polar surface area (TPSA) is 65.2 Å². The number of para-hydroxylation sites is 1. The molecule has 2 fully saturated rings. The summed E-state index contributed by atoms with van der Waals surface area (Å²) in [4.78, 5) is 30.8. The van der Waals surface area contributed by atoms with Gasteiger partial charge in [-0.25, -0.2) is 0 Å². The van der Waals surface area contributed by atoms with E-state index in [4.69, 9.17) is 0 Å². The Labute approximate surface area is 173 Å². The molecule has 0 unspecified atom stereocenters. The molecule has 1 saturated carbocycles. The third-order valence-corrected chi connectivity index (χ3v) is 6.63. The second kappa shape index (κ2) is 9.47. The molecule has 0 spiro atoms. The van der Waals surface area contributed by atoms with Crippen LogP contribution in [0.3, 0.4) is 0 Å². The Balaban J connectivity index is 1.29. The number of carbonyl (C=O) groups is 2. The van der Waals surface area contributed by atoms with E-state index in [0.29, 0.717) is 19.0 Å². The van der Waals surface area contributed by atoms with Gasteiger partial charge in [0, 0.05) is 42.7 Å². The van der Waals surface area contributed by atoms with Crippen molar-refractivity contribution in [3.05, 3.63) is 36.0 Å². The lowest BCUT2D eigenvalue weighted by molar-refractivity contribution is -0.135. The van der Waals surface area contributed by atoms with E-state index in [0.717, 1.165) is 44.2 Å². The number of H-pyrrole nitrogens is 1. The Morgan fingerprint density at radius 1 is 1.03 bits per heavy atom. The smallest absolute Gasteiger partial charge is 0.225 e. The molecule has 1 aliphatic heterocycles. The van der Waals surface area contributed by atoms with Gasteiger partial charge in [0.2, 0.25) is 11.8 Å². The zero-order valence-electron chi connectivity index (χ0n) is 17.3. The normalized spacial score (nSPS) is 21.1. The van der Waals surface area contributed by atoms with Crippen LogP contribution in [0.4, 0.5) is 0 Å². The van der Waals surface area contributed by atoms with Crippen molar-refractivity contribution in [1.29, 1.82) is 0 Å². The fourth-order valence-electron chi connectivity index (χ4n) is 4.90. The van der Waals surface area contributed by atoms with Crippen LogP contribution in [0, 0.1) is 5.92 Å². The van der Waals surface area contributed by atoms with Crippen LogP contribution in [0.1, 0.15) is 63.4 Å². The summed E-state index contributed by atoms with van der Waals surface area (Å²) in [5, 5.41) is 4.48. The maximum atomic E-state index is 12.8. The van der Waals surface area contributed by atoms with Gasteiger partial charge in [-0.05, 0) is 43.7 Å². The van der Waals surface area contributed by atoms with Crippen molar-refractivity contribution < 1.29 is 9.59 Å². The van der Waals surface area contributed by atoms with Crippen LogP contribution in [-0.2, 0) is 16.0 Å². The number of aryl methyl sites for hydroxylation is 1. The van der Waals surface area contributed by atoms with Gasteiger partial charge in [0.05, 0.1) is 5.92 Å². The molecule has 0 radical (unpaired) electrons. The predicted molar refractivity (Wildman–Crippen MR) is 116 cm³/mol. The first kappa shape index (κ1) is 20.0. The number of hydrogen-bond acceptors (Lipinski definition) is 2. The number of aromatic nitrogens is 1. The summed E-state index contributed by atoms with van der Waals surface area (Å²) in [7, 11) is 0. The van der Waals surface area contributed by atoms with E-state index in [1.165, 1.54) is 36.6 Å². The van der Waals surface area contributed by atoms with Gasteiger partial charge in [-0.2, -0.15) is 0 Å². The van der Waals surface area contributed by atoms with E-state index in [1.54, 1.807) is 0 Å². The van der Waals surface area contributed by atoms with Gasteiger partial charge in [-0.1, -0.05) is 43.9 Å². The minimum atomic E-state index is -0.0518. The lowest BCUT2D eigenvalue weighted by atomic mass is 9.95. The number of nitrogens with one attached hydrogen (secondary N) is 2. The van der Waals surface area contributed by atoms with Crippen molar-refractivity contribution in [3.8, 4) is 0 Å². The minimum Gasteiger partial charge on any atom is -0.361 e. The molecule has 156 valence electrons. The van der Waals surface area contributed by atoms with E-state index in [-0.39, 0.29) is 17.7 Å². The highest BCUT2D eigenvalue weighted by Crippen LogP contribution is 2.22. The van der Waals surface area contributed by atoms with Crippen molar-refractivity contribution >= 4 is 22.7 Å². The highest BCUT2D eigenvalue weighted by atomic mass is 16.2. The second-order valence-electron chi connectivity index (χ2n) is 8.74. The molecule has 1 aromatic heterocycles. The van der Waals surface area contributed by atoms with Crippen LogP contribution in [0.2, 0.25) is 0 Å². The van der Waals surface area contributed by atoms with Crippen LogP contribution < -0.4 is 5.32 Å². The molecular weight excluding hydrogens is 362 g/mol. The number of nitrogens with zero attached hydrogens (tertiary/aromatic N) is 1. The summed E-state index contributed by atoms with van der Waals surface area (Å²) >= 11 is 0. The van der Waals surface area contributed by atoms with Crippen LogP contribution in [0.25, 0.3) is 10.9 Å². The van der Waals surface area contributed by atoms with Crippen molar-refractivity contribution in [2.75, 3.05) is 13.1 Å². The summed E-state index contributed by atoms with van der Waals surface area (Å²) < 4.78 is 0. The molecule has 1 aliphatic carbocycles. The van der Waals surface area contributed by atoms with Gasteiger partial charge < -0.3 is 15.2 Å². The molecule has 1 atom stereocenters. The zero-order chi connectivity index (χ0) is 20.1. The summed E-state index contributed by atoms with van der Waals surface area (Å²) in [5.41, 5.74) is 2.30. The molecule has 2 aromatic rings. The van der Waals surface area contributed by atoms with Crippen LogP contribution in [-0.4, -0.2) is 40.8 Å². The maximum Gasteiger partial charge on any atom is 0.225 e. The average molecular weight is 396 g/mol. The predicted octanol–water partition coefficient (Wildman–Crippen LogP) is 4.18. The number of benzene rings is 1. The van der Waals surface area contributed by atoms with Gasteiger partial charge in [-0.15, -0.1) is 0 Å². The van der Waals surface area contributed by atoms with Gasteiger partial charge in [-0.3, -0.25) is 9.59 Å². The molecule has 29 heavy (non-hydrogen) atoms. The Hall–Kier alpha value is -2.30. The van der Waals surface area contributed by atoms with Crippen LogP contribution >= 0.6 is 0 Å². The standard InChI is InChI=1S/C24H33N3O2/c28-23(14-13-18-16-25-22-12-6-5-11-21(18)22)27-15-7-8-19(17-27)24(29)26-20-9-3-1-2-4-10-20/h5-6,11-12,16,19-20,25H,1-4,7-10,13-15,17H2,(H,26,29)/t19-/m0/s1. The number of hydrogen-bond donors (Lipinski definition) is 2. The first-order valence-corrected chi connectivity index (χ1v) is 11.3. The molecule has 1 aromatic carbocycles. The highest BCUT2D eigenvalue weighted by Gasteiger charge is 2.29. The molecule has 2 aliphatic rings. The lowest BCUT2D eigenvalue weighted by Crippen LogP contribution is -2.47. The first-order chi connectivity index (χ1) is 14.2. The molecule has 2 amide bonds. The largest absolute Gasteiger partial charge is 0.361 e. The number of carbonyl (C=O) groups excluding carboxylic acids is 2. The SMILES string of the molecule is O=C(NC1CCCCCC1)[C@H]1CCCN(C(=O)CCc2c[nH]c3ccccc23)C1. The molecule has 5 nitrogen and oxygen atoms in total. The van der Waals surface area contributed by atoms with E-state index in [9.17, 15) is 9.59 Å². The lowest BCUT2D eigenvalue weighted by Gasteiger charge is -2.33. The summed E-state index contributed by atoms with van der Waals surface area (Å²) in [6, 6.07) is 8.53. The fraction of sp³-hybridized carbons (Fsp3) is 0.583. The van der Waals surface area contributed by atoms with Gasteiger partial charge in [0.25, 0.3) is 0 Å². The van der Waals surface area contributed by atoms with Crippen molar-refractivity contribution in [1.82, 2.24) is 15.2 Å². The third-order valence-electron chi connectivity index (χ3n) is 6.63. The van der Waals surface area contributed by atoms with E-state index in [2.05, 4.69) is 22.4 Å². The molecule has 2 N–H and O–H groups in total. The zero-order valence-corrected chi connectivity index (χ0v) is 17.3. The maximum absolute atomic E-state index is 12.8. The van der Waals surface area contributed by atoms with Gasteiger partial charge in [0.1, 0.15) is 0 Å². The number of aromatic amines is 1. The van der Waals surface area contributed by atoms with E-state index >= 15 is 0 Å². The minimum absolute atomic E-state index is 0.0518. The van der Waals surface area contributed by atoms with E-state index in [1.807, 2.05) is 23.2 Å². The highest BCUT2D eigenvalue weighted by molar-refractivity contribution is 5.84. The van der Waals surface area contributed by atoms with Crippen LogP contribution in [0.15, 0.2) is 30.5 Å². The first-order valence-electron chi connectivity index (χ1n) is 11.3. The molecule has 1 saturated heterocycles. The van der Waals surface area contributed by atoms with Crippen molar-refractivity contribution in [3.63, 3.8) is 0 Å². The number of likely N-dealkylation sites (tertiary alicyclic amines) is 1. The molecule has 4 rings (SSSR count). The van der Waals surface area contributed by atoms with Gasteiger partial charge in [0.15, 0.2) is 0 Å². The Kier molecular flexibility index (Phi) is 6.53. The average Bonchev–Trinajstić information content (AvgIpc) is 2.99. The summed E-state index contributed by atoms with van der Waals surface area (Å²) in [6.45, 7) is 1.35.